The number of pyridine rings is 1. The van der Waals surface area contributed by atoms with Crippen molar-refractivity contribution in [3.63, 3.8) is 0 Å². The predicted molar refractivity (Wildman–Crippen MR) is 99.0 cm³/mol. The zero-order valence-electron chi connectivity index (χ0n) is 15.7. The van der Waals surface area contributed by atoms with Gasteiger partial charge in [-0.3, -0.25) is 9.69 Å². The molecule has 7 heteroatoms. The third kappa shape index (κ3) is 4.93. The second-order valence-electron chi connectivity index (χ2n) is 7.50. The number of rotatable bonds is 6. The standard InChI is InChI=1S/C19H30N4O3/c1-22-6-3-7-23(9-8-22)13-17(25)21-19(15-10-16(24)11-15)14-4-5-18(26-2)20-12-14/h4-5,12,15-16,19,24H,3,6-11,13H2,1-2H3,(H,21,25). The van der Waals surface area contributed by atoms with E-state index in [1.165, 1.54) is 0 Å². The number of hydrogen-bond acceptors (Lipinski definition) is 6. The summed E-state index contributed by atoms with van der Waals surface area (Å²) in [5.74, 6) is 0.845. The van der Waals surface area contributed by atoms with E-state index in [2.05, 4.69) is 27.1 Å². The smallest absolute Gasteiger partial charge is 0.234 e. The Morgan fingerprint density at radius 2 is 2.15 bits per heavy atom. The molecule has 26 heavy (non-hydrogen) atoms. The highest BCUT2D eigenvalue weighted by Crippen LogP contribution is 2.38. The highest BCUT2D eigenvalue weighted by Gasteiger charge is 2.36. The zero-order valence-corrected chi connectivity index (χ0v) is 15.7. The van der Waals surface area contributed by atoms with E-state index in [1.807, 2.05) is 12.1 Å². The molecular formula is C19H30N4O3. The maximum Gasteiger partial charge on any atom is 0.234 e. The monoisotopic (exact) mass is 362 g/mol. The average molecular weight is 362 g/mol. The Hall–Kier alpha value is -1.70. The molecule has 0 aromatic carbocycles. The Morgan fingerprint density at radius 1 is 1.35 bits per heavy atom. The Morgan fingerprint density at radius 3 is 2.81 bits per heavy atom. The van der Waals surface area contributed by atoms with Gasteiger partial charge in [-0.15, -0.1) is 0 Å². The molecule has 1 saturated heterocycles. The summed E-state index contributed by atoms with van der Waals surface area (Å²) in [5, 5.41) is 12.9. The van der Waals surface area contributed by atoms with E-state index in [9.17, 15) is 9.90 Å². The first-order valence-electron chi connectivity index (χ1n) is 9.43. The number of nitrogens with zero attached hydrogens (tertiary/aromatic N) is 3. The van der Waals surface area contributed by atoms with Crippen LogP contribution in [0.25, 0.3) is 0 Å². The van der Waals surface area contributed by atoms with Crippen LogP contribution in [0, 0.1) is 5.92 Å². The summed E-state index contributed by atoms with van der Waals surface area (Å²) in [6, 6.07) is 3.65. The van der Waals surface area contributed by atoms with E-state index in [-0.39, 0.29) is 24.0 Å². The number of aromatic nitrogens is 1. The SMILES string of the molecule is COc1ccc(C(NC(=O)CN2CCCN(C)CC2)C2CC(O)C2)cn1. The lowest BCUT2D eigenvalue weighted by molar-refractivity contribution is -0.124. The maximum absolute atomic E-state index is 12.7. The number of carbonyl (C=O) groups excluding carboxylic acids is 1. The molecule has 0 bridgehead atoms. The summed E-state index contributed by atoms with van der Waals surface area (Å²) >= 11 is 0. The molecule has 144 valence electrons. The van der Waals surface area contributed by atoms with E-state index < -0.39 is 0 Å². The molecule has 1 aliphatic carbocycles. The van der Waals surface area contributed by atoms with Crippen LogP contribution in [0.15, 0.2) is 18.3 Å². The third-order valence-electron chi connectivity index (χ3n) is 5.44. The van der Waals surface area contributed by atoms with Gasteiger partial charge in [0.1, 0.15) is 0 Å². The van der Waals surface area contributed by atoms with Crippen molar-refractivity contribution >= 4 is 5.91 Å². The summed E-state index contributed by atoms with van der Waals surface area (Å²) in [5.41, 5.74) is 0.964. The Balaban J connectivity index is 1.62. The van der Waals surface area contributed by atoms with Crippen LogP contribution >= 0.6 is 0 Å². The maximum atomic E-state index is 12.7. The number of carbonyl (C=O) groups is 1. The molecule has 1 atom stereocenters. The van der Waals surface area contributed by atoms with E-state index in [1.54, 1.807) is 13.3 Å². The molecule has 0 radical (unpaired) electrons. The third-order valence-corrected chi connectivity index (χ3v) is 5.44. The summed E-state index contributed by atoms with van der Waals surface area (Å²) in [7, 11) is 3.71. The van der Waals surface area contributed by atoms with E-state index in [0.717, 1.165) is 38.2 Å². The molecular weight excluding hydrogens is 332 g/mol. The van der Waals surface area contributed by atoms with Gasteiger partial charge in [-0.1, -0.05) is 6.07 Å². The Kier molecular flexibility index (Phi) is 6.45. The lowest BCUT2D eigenvalue weighted by Gasteiger charge is -2.38. The quantitative estimate of drug-likeness (QED) is 0.774. The second-order valence-corrected chi connectivity index (χ2v) is 7.50. The Bertz CT molecular complexity index is 589. The molecule has 2 heterocycles. The van der Waals surface area contributed by atoms with Crippen molar-refractivity contribution in [2.75, 3.05) is 46.9 Å². The van der Waals surface area contributed by atoms with Crippen molar-refractivity contribution in [3.05, 3.63) is 23.9 Å². The largest absolute Gasteiger partial charge is 0.481 e. The van der Waals surface area contributed by atoms with Gasteiger partial charge >= 0.3 is 0 Å². The van der Waals surface area contributed by atoms with Crippen molar-refractivity contribution in [1.29, 1.82) is 0 Å². The van der Waals surface area contributed by atoms with Gasteiger partial charge in [0, 0.05) is 25.4 Å². The number of hydrogen-bond donors (Lipinski definition) is 2. The van der Waals surface area contributed by atoms with E-state index in [0.29, 0.717) is 25.3 Å². The number of aliphatic hydroxyl groups excluding tert-OH is 1. The van der Waals surface area contributed by atoms with Crippen molar-refractivity contribution in [3.8, 4) is 5.88 Å². The van der Waals surface area contributed by atoms with Crippen LogP contribution in [-0.4, -0.2) is 78.8 Å². The van der Waals surface area contributed by atoms with Crippen molar-refractivity contribution in [2.24, 2.45) is 5.92 Å². The number of amides is 1. The fraction of sp³-hybridized carbons (Fsp3) is 0.684. The molecule has 0 spiro atoms. The highest BCUT2D eigenvalue weighted by molar-refractivity contribution is 5.78. The minimum absolute atomic E-state index is 0.0387. The van der Waals surface area contributed by atoms with Crippen LogP contribution < -0.4 is 10.1 Å². The molecule has 1 amide bonds. The molecule has 1 aromatic heterocycles. The fourth-order valence-corrected chi connectivity index (χ4v) is 3.75. The predicted octanol–water partition coefficient (Wildman–Crippen LogP) is 0.656. The fourth-order valence-electron chi connectivity index (χ4n) is 3.75. The van der Waals surface area contributed by atoms with Crippen molar-refractivity contribution in [1.82, 2.24) is 20.1 Å². The van der Waals surface area contributed by atoms with Gasteiger partial charge in [-0.05, 0) is 50.9 Å². The first kappa shape index (κ1) is 19.1. The van der Waals surface area contributed by atoms with Gasteiger partial charge in [0.25, 0.3) is 0 Å². The van der Waals surface area contributed by atoms with Crippen LogP contribution in [0.4, 0.5) is 0 Å². The van der Waals surface area contributed by atoms with Gasteiger partial charge in [-0.2, -0.15) is 0 Å². The lowest BCUT2D eigenvalue weighted by Crippen LogP contribution is -2.45. The molecule has 2 fully saturated rings. The van der Waals surface area contributed by atoms with Crippen molar-refractivity contribution < 1.29 is 14.6 Å². The second kappa shape index (κ2) is 8.79. The first-order chi connectivity index (χ1) is 12.5. The first-order valence-corrected chi connectivity index (χ1v) is 9.43. The molecule has 1 saturated carbocycles. The summed E-state index contributed by atoms with van der Waals surface area (Å²) in [4.78, 5) is 21.5. The molecule has 3 rings (SSSR count). The van der Waals surface area contributed by atoms with Crippen LogP contribution in [0.2, 0.25) is 0 Å². The molecule has 1 aromatic rings. The van der Waals surface area contributed by atoms with Crippen LogP contribution in [-0.2, 0) is 4.79 Å². The minimum atomic E-state index is -0.258. The number of ether oxygens (including phenoxy) is 1. The lowest BCUT2D eigenvalue weighted by atomic mass is 9.75. The topological polar surface area (TPSA) is 77.9 Å². The molecule has 1 aliphatic heterocycles. The summed E-state index contributed by atoms with van der Waals surface area (Å²) in [6.45, 7) is 4.37. The molecule has 2 aliphatic rings. The summed E-state index contributed by atoms with van der Waals surface area (Å²) < 4.78 is 5.12. The number of methoxy groups -OCH3 is 1. The highest BCUT2D eigenvalue weighted by atomic mass is 16.5. The van der Waals surface area contributed by atoms with E-state index >= 15 is 0 Å². The normalized spacial score (nSPS) is 25.8. The molecule has 2 N–H and O–H groups in total. The zero-order chi connectivity index (χ0) is 18.5. The number of likely N-dealkylation sites (N-methyl/N-ethyl adjacent to an activating group) is 1. The van der Waals surface area contributed by atoms with Gasteiger partial charge < -0.3 is 20.1 Å². The van der Waals surface area contributed by atoms with Gasteiger partial charge in [-0.25, -0.2) is 4.98 Å². The van der Waals surface area contributed by atoms with Crippen LogP contribution in [0.1, 0.15) is 30.9 Å². The number of aliphatic hydroxyl groups is 1. The van der Waals surface area contributed by atoms with Gasteiger partial charge in [0.2, 0.25) is 11.8 Å². The minimum Gasteiger partial charge on any atom is -0.481 e. The van der Waals surface area contributed by atoms with Gasteiger partial charge in [0.15, 0.2) is 0 Å². The van der Waals surface area contributed by atoms with Crippen LogP contribution in [0.5, 0.6) is 5.88 Å². The molecule has 7 nitrogen and oxygen atoms in total. The molecule has 1 unspecified atom stereocenters. The number of nitrogens with one attached hydrogen (secondary N) is 1. The van der Waals surface area contributed by atoms with Crippen LogP contribution in [0.3, 0.4) is 0 Å². The Labute approximate surface area is 155 Å². The van der Waals surface area contributed by atoms with Crippen molar-refractivity contribution in [2.45, 2.75) is 31.4 Å². The summed E-state index contributed by atoms with van der Waals surface area (Å²) in [6.07, 6.45) is 4.02. The van der Waals surface area contributed by atoms with E-state index in [4.69, 9.17) is 4.74 Å². The average Bonchev–Trinajstić information content (AvgIpc) is 2.82. The van der Waals surface area contributed by atoms with Gasteiger partial charge in [0.05, 0.1) is 25.8 Å².